The molecule has 0 fully saturated rings. The van der Waals surface area contributed by atoms with Crippen LogP contribution in [0, 0.1) is 5.82 Å². The summed E-state index contributed by atoms with van der Waals surface area (Å²) in [7, 11) is 3.10. The van der Waals surface area contributed by atoms with Crippen molar-refractivity contribution in [1.29, 1.82) is 0 Å². The van der Waals surface area contributed by atoms with Crippen LogP contribution in [0.15, 0.2) is 40.9 Å². The lowest BCUT2D eigenvalue weighted by Crippen LogP contribution is -2.36. The van der Waals surface area contributed by atoms with Gasteiger partial charge in [0.2, 0.25) is 0 Å². The van der Waals surface area contributed by atoms with E-state index < -0.39 is 11.9 Å². The zero-order valence-electron chi connectivity index (χ0n) is 14.1. The van der Waals surface area contributed by atoms with Crippen molar-refractivity contribution in [3.8, 4) is 17.2 Å². The van der Waals surface area contributed by atoms with Crippen molar-refractivity contribution in [2.75, 3.05) is 14.2 Å². The lowest BCUT2D eigenvalue weighted by molar-refractivity contribution is -0.127. The van der Waals surface area contributed by atoms with Crippen molar-refractivity contribution in [3.63, 3.8) is 0 Å². The second kappa shape index (κ2) is 8.71. The van der Waals surface area contributed by atoms with E-state index in [0.717, 1.165) is 5.56 Å². The third kappa shape index (κ3) is 5.09. The number of rotatable bonds is 7. The molecular formula is C18H19BrFNO4. The number of methoxy groups -OCH3 is 2. The van der Waals surface area contributed by atoms with E-state index in [1.54, 1.807) is 39.3 Å². The van der Waals surface area contributed by atoms with Gasteiger partial charge in [-0.3, -0.25) is 4.79 Å². The van der Waals surface area contributed by atoms with Gasteiger partial charge in [-0.25, -0.2) is 4.39 Å². The van der Waals surface area contributed by atoms with E-state index in [4.69, 9.17) is 14.2 Å². The van der Waals surface area contributed by atoms with Gasteiger partial charge in [0.15, 0.2) is 29.2 Å². The third-order valence-corrected chi connectivity index (χ3v) is 3.97. The lowest BCUT2D eigenvalue weighted by atomic mass is 10.2. The maximum atomic E-state index is 13.8. The van der Waals surface area contributed by atoms with E-state index in [1.165, 1.54) is 12.1 Å². The third-order valence-electron chi connectivity index (χ3n) is 3.48. The van der Waals surface area contributed by atoms with Crippen LogP contribution in [0.25, 0.3) is 0 Å². The summed E-state index contributed by atoms with van der Waals surface area (Å²) < 4.78 is 30.1. The van der Waals surface area contributed by atoms with Crippen LogP contribution >= 0.6 is 15.9 Å². The summed E-state index contributed by atoms with van der Waals surface area (Å²) in [5, 5.41) is 2.75. The van der Waals surface area contributed by atoms with E-state index in [1.807, 2.05) is 6.07 Å². The van der Waals surface area contributed by atoms with Crippen molar-refractivity contribution in [2.45, 2.75) is 19.6 Å². The Bertz CT molecular complexity index is 754. The second-order valence-corrected chi connectivity index (χ2v) is 6.16. The first-order valence-electron chi connectivity index (χ1n) is 7.55. The zero-order valence-corrected chi connectivity index (χ0v) is 15.7. The number of carbonyl (C=O) groups is 1. The van der Waals surface area contributed by atoms with Gasteiger partial charge in [-0.05, 0) is 42.8 Å². The highest BCUT2D eigenvalue weighted by molar-refractivity contribution is 9.10. The number of carbonyl (C=O) groups excluding carboxylic acids is 1. The fourth-order valence-electron chi connectivity index (χ4n) is 2.14. The normalized spacial score (nSPS) is 11.6. The Labute approximate surface area is 154 Å². The van der Waals surface area contributed by atoms with Gasteiger partial charge in [0.25, 0.3) is 5.91 Å². The molecule has 0 aliphatic carbocycles. The highest BCUT2D eigenvalue weighted by Crippen LogP contribution is 2.27. The number of halogens is 2. The van der Waals surface area contributed by atoms with Gasteiger partial charge in [-0.1, -0.05) is 22.0 Å². The summed E-state index contributed by atoms with van der Waals surface area (Å²) in [4.78, 5) is 12.2. The summed E-state index contributed by atoms with van der Waals surface area (Å²) in [6, 6.07) is 9.76. The minimum Gasteiger partial charge on any atom is -0.493 e. The molecule has 0 aliphatic rings. The lowest BCUT2D eigenvalue weighted by Gasteiger charge is -2.16. The van der Waals surface area contributed by atoms with E-state index in [2.05, 4.69) is 21.2 Å². The Morgan fingerprint density at radius 1 is 1.12 bits per heavy atom. The summed E-state index contributed by atoms with van der Waals surface area (Å²) in [5.41, 5.74) is 0.841. The second-order valence-electron chi connectivity index (χ2n) is 5.24. The average Bonchev–Trinajstić information content (AvgIpc) is 2.61. The molecule has 0 bridgehead atoms. The molecule has 5 nitrogen and oxygen atoms in total. The number of hydrogen-bond donors (Lipinski definition) is 1. The van der Waals surface area contributed by atoms with Crippen molar-refractivity contribution in [3.05, 3.63) is 52.3 Å². The largest absolute Gasteiger partial charge is 0.493 e. The maximum absolute atomic E-state index is 13.8. The van der Waals surface area contributed by atoms with E-state index >= 15 is 0 Å². The smallest absolute Gasteiger partial charge is 0.261 e. The predicted molar refractivity (Wildman–Crippen MR) is 95.6 cm³/mol. The van der Waals surface area contributed by atoms with Gasteiger partial charge < -0.3 is 19.5 Å². The van der Waals surface area contributed by atoms with Crippen molar-refractivity contribution in [1.82, 2.24) is 5.32 Å². The van der Waals surface area contributed by atoms with Crippen molar-refractivity contribution < 1.29 is 23.4 Å². The van der Waals surface area contributed by atoms with Crippen molar-refractivity contribution >= 4 is 21.8 Å². The van der Waals surface area contributed by atoms with Gasteiger partial charge in [-0.15, -0.1) is 0 Å². The van der Waals surface area contributed by atoms with E-state index in [0.29, 0.717) is 16.0 Å². The van der Waals surface area contributed by atoms with Crippen LogP contribution in [0.1, 0.15) is 12.5 Å². The first kappa shape index (κ1) is 19.1. The number of hydrogen-bond acceptors (Lipinski definition) is 4. The molecule has 0 spiro atoms. The standard InChI is InChI=1S/C18H19BrFNO4/c1-11(25-15-7-5-13(19)9-14(15)20)18(22)21-10-12-4-6-16(23-2)17(8-12)24-3/h4-9,11H,10H2,1-3H3,(H,21,22)/t11-/m1/s1. The minimum absolute atomic E-state index is 0.0250. The van der Waals surface area contributed by atoms with Crippen LogP contribution in [0.3, 0.4) is 0 Å². The Hall–Kier alpha value is -2.28. The molecule has 2 rings (SSSR count). The molecule has 2 aromatic rings. The Balaban J connectivity index is 1.95. The molecule has 0 saturated carbocycles. The highest BCUT2D eigenvalue weighted by atomic mass is 79.9. The van der Waals surface area contributed by atoms with Crippen LogP contribution in [0.5, 0.6) is 17.2 Å². The van der Waals surface area contributed by atoms with Crippen LogP contribution < -0.4 is 19.5 Å². The molecule has 0 aromatic heterocycles. The Kier molecular flexibility index (Phi) is 6.64. The summed E-state index contributed by atoms with van der Waals surface area (Å²) in [6.07, 6.45) is -0.837. The highest BCUT2D eigenvalue weighted by Gasteiger charge is 2.17. The Morgan fingerprint density at radius 2 is 1.80 bits per heavy atom. The SMILES string of the molecule is COc1ccc(CNC(=O)[C@@H](C)Oc2ccc(Br)cc2F)cc1OC. The minimum atomic E-state index is -0.837. The number of benzene rings is 2. The quantitative estimate of drug-likeness (QED) is 0.754. The molecule has 0 heterocycles. The molecule has 1 atom stereocenters. The topological polar surface area (TPSA) is 56.8 Å². The van der Waals surface area contributed by atoms with Crippen molar-refractivity contribution in [2.24, 2.45) is 0 Å². The zero-order chi connectivity index (χ0) is 18.4. The molecule has 0 aliphatic heterocycles. The molecule has 1 amide bonds. The van der Waals surface area contributed by atoms with Gasteiger partial charge in [0, 0.05) is 11.0 Å². The molecule has 0 radical (unpaired) electrons. The molecule has 0 saturated heterocycles. The van der Waals surface area contributed by atoms with E-state index in [-0.39, 0.29) is 18.2 Å². The monoisotopic (exact) mass is 411 g/mol. The fraction of sp³-hybridized carbons (Fsp3) is 0.278. The number of amides is 1. The first-order valence-corrected chi connectivity index (χ1v) is 8.34. The summed E-state index contributed by atoms with van der Waals surface area (Å²) >= 11 is 3.17. The van der Waals surface area contributed by atoms with Gasteiger partial charge in [0.05, 0.1) is 14.2 Å². The fourth-order valence-corrected chi connectivity index (χ4v) is 2.47. The summed E-state index contributed by atoms with van der Waals surface area (Å²) in [5.74, 6) is 0.332. The molecule has 134 valence electrons. The van der Waals surface area contributed by atoms with E-state index in [9.17, 15) is 9.18 Å². The number of ether oxygens (including phenoxy) is 3. The van der Waals surface area contributed by atoms with Gasteiger partial charge in [-0.2, -0.15) is 0 Å². The van der Waals surface area contributed by atoms with Gasteiger partial charge in [0.1, 0.15) is 0 Å². The molecular weight excluding hydrogens is 393 g/mol. The summed E-state index contributed by atoms with van der Waals surface area (Å²) in [6.45, 7) is 1.85. The molecule has 2 aromatic carbocycles. The van der Waals surface area contributed by atoms with Crippen LogP contribution in [-0.2, 0) is 11.3 Å². The average molecular weight is 412 g/mol. The maximum Gasteiger partial charge on any atom is 0.261 e. The number of nitrogens with one attached hydrogen (secondary N) is 1. The van der Waals surface area contributed by atoms with Gasteiger partial charge >= 0.3 is 0 Å². The van der Waals surface area contributed by atoms with Crippen LogP contribution in [-0.4, -0.2) is 26.2 Å². The van der Waals surface area contributed by atoms with Crippen LogP contribution in [0.2, 0.25) is 0 Å². The Morgan fingerprint density at radius 3 is 2.44 bits per heavy atom. The predicted octanol–water partition coefficient (Wildman–Crippen LogP) is 3.69. The molecule has 25 heavy (non-hydrogen) atoms. The molecule has 0 unspecified atom stereocenters. The molecule has 7 heteroatoms. The van der Waals surface area contributed by atoms with Crippen LogP contribution in [0.4, 0.5) is 4.39 Å². The first-order chi connectivity index (χ1) is 11.9. The molecule has 1 N–H and O–H groups in total.